The summed E-state index contributed by atoms with van der Waals surface area (Å²) in [6.07, 6.45) is 3.63. The maximum atomic E-state index is 12.5. The van der Waals surface area contributed by atoms with Crippen LogP contribution in [0.4, 0.5) is 0 Å². The molecule has 7 heteroatoms. The third-order valence-corrected chi connectivity index (χ3v) is 4.50. The van der Waals surface area contributed by atoms with E-state index in [1.165, 1.54) is 11.7 Å². The summed E-state index contributed by atoms with van der Waals surface area (Å²) < 4.78 is 7.80. The standard InChI is InChI=1S/C21H18N4O3/c1-28-18(26)11-14-24-13-10-16(22-21(24)27)19-17-9-5-6-12-25(17)23-20(19)15-7-3-2-4-8-15/h2-10,12-13H,11,14H2,1H3. The molecule has 0 amide bonds. The van der Waals surface area contributed by atoms with Crippen LogP contribution in [0.15, 0.2) is 71.8 Å². The van der Waals surface area contributed by atoms with Gasteiger partial charge in [-0.3, -0.25) is 9.36 Å². The molecule has 7 nitrogen and oxygen atoms in total. The molecule has 0 radical (unpaired) electrons. The second-order valence-corrected chi connectivity index (χ2v) is 6.23. The van der Waals surface area contributed by atoms with Crippen LogP contribution in [-0.4, -0.2) is 32.2 Å². The zero-order valence-electron chi connectivity index (χ0n) is 15.3. The van der Waals surface area contributed by atoms with E-state index in [1.807, 2.05) is 54.7 Å². The summed E-state index contributed by atoms with van der Waals surface area (Å²) >= 11 is 0. The summed E-state index contributed by atoms with van der Waals surface area (Å²) in [6.45, 7) is 0.221. The number of nitrogens with zero attached hydrogens (tertiary/aromatic N) is 4. The molecular formula is C21H18N4O3. The topological polar surface area (TPSA) is 78.5 Å². The number of aryl methyl sites for hydroxylation is 1. The number of rotatable bonds is 5. The Kier molecular flexibility index (Phi) is 4.72. The van der Waals surface area contributed by atoms with Gasteiger partial charge in [-0.1, -0.05) is 36.4 Å². The number of carbonyl (C=O) groups excluding carboxylic acids is 1. The normalized spacial score (nSPS) is 10.9. The zero-order valence-corrected chi connectivity index (χ0v) is 15.3. The Bertz CT molecular complexity index is 1200. The Morgan fingerprint density at radius 3 is 2.57 bits per heavy atom. The molecule has 0 saturated heterocycles. The Morgan fingerprint density at radius 2 is 1.82 bits per heavy atom. The summed E-state index contributed by atoms with van der Waals surface area (Å²) in [6, 6.07) is 17.3. The van der Waals surface area contributed by atoms with Crippen LogP contribution in [0.1, 0.15) is 6.42 Å². The van der Waals surface area contributed by atoms with Crippen LogP contribution in [0.2, 0.25) is 0 Å². The van der Waals surface area contributed by atoms with E-state index in [2.05, 4.69) is 14.8 Å². The third kappa shape index (κ3) is 3.29. The highest BCUT2D eigenvalue weighted by atomic mass is 16.5. The molecule has 140 valence electrons. The predicted molar refractivity (Wildman–Crippen MR) is 105 cm³/mol. The van der Waals surface area contributed by atoms with E-state index in [9.17, 15) is 9.59 Å². The van der Waals surface area contributed by atoms with Gasteiger partial charge in [-0.05, 0) is 18.2 Å². The van der Waals surface area contributed by atoms with Gasteiger partial charge >= 0.3 is 11.7 Å². The largest absolute Gasteiger partial charge is 0.469 e. The highest BCUT2D eigenvalue weighted by Gasteiger charge is 2.18. The first-order chi connectivity index (χ1) is 13.7. The molecule has 1 aromatic carbocycles. The van der Waals surface area contributed by atoms with Gasteiger partial charge in [-0.15, -0.1) is 0 Å². The number of hydrogen-bond acceptors (Lipinski definition) is 5. The molecule has 0 bridgehead atoms. The van der Waals surface area contributed by atoms with E-state index in [0.29, 0.717) is 5.69 Å². The van der Waals surface area contributed by atoms with Crippen molar-refractivity contribution in [1.82, 2.24) is 19.2 Å². The maximum absolute atomic E-state index is 12.5. The number of carbonyl (C=O) groups is 1. The van der Waals surface area contributed by atoms with Gasteiger partial charge < -0.3 is 4.74 Å². The Balaban J connectivity index is 1.82. The number of benzene rings is 1. The fraction of sp³-hybridized carbons (Fsp3) is 0.143. The molecule has 0 fully saturated rings. The lowest BCUT2D eigenvalue weighted by molar-refractivity contribution is -0.140. The quantitative estimate of drug-likeness (QED) is 0.502. The maximum Gasteiger partial charge on any atom is 0.348 e. The molecule has 0 saturated carbocycles. The van der Waals surface area contributed by atoms with Crippen LogP contribution in [0, 0.1) is 0 Å². The molecule has 0 aliphatic carbocycles. The summed E-state index contributed by atoms with van der Waals surface area (Å²) in [5, 5.41) is 4.69. The van der Waals surface area contributed by atoms with Crippen molar-refractivity contribution < 1.29 is 9.53 Å². The molecule has 4 aromatic rings. The lowest BCUT2D eigenvalue weighted by Gasteiger charge is -2.07. The minimum atomic E-state index is -0.421. The smallest absolute Gasteiger partial charge is 0.348 e. The Morgan fingerprint density at radius 1 is 1.04 bits per heavy atom. The van der Waals surface area contributed by atoms with Crippen molar-refractivity contribution in [1.29, 1.82) is 0 Å². The van der Waals surface area contributed by atoms with Gasteiger partial charge in [0.15, 0.2) is 0 Å². The Labute approximate surface area is 160 Å². The third-order valence-electron chi connectivity index (χ3n) is 4.50. The lowest BCUT2D eigenvalue weighted by Crippen LogP contribution is -2.24. The van der Waals surface area contributed by atoms with Crippen molar-refractivity contribution in [2.75, 3.05) is 7.11 Å². The van der Waals surface area contributed by atoms with Crippen LogP contribution < -0.4 is 5.69 Å². The predicted octanol–water partition coefficient (Wildman–Crippen LogP) is 2.79. The molecule has 0 spiro atoms. The fourth-order valence-electron chi connectivity index (χ4n) is 3.10. The second kappa shape index (κ2) is 7.48. The molecule has 0 N–H and O–H groups in total. The molecule has 0 atom stereocenters. The number of esters is 1. The summed E-state index contributed by atoms with van der Waals surface area (Å²) in [7, 11) is 1.32. The first kappa shape index (κ1) is 17.7. The van der Waals surface area contributed by atoms with Crippen LogP contribution in [0.5, 0.6) is 0 Å². The number of methoxy groups -OCH3 is 1. The molecule has 3 aromatic heterocycles. The van der Waals surface area contributed by atoms with Crippen LogP contribution in [0.3, 0.4) is 0 Å². The van der Waals surface area contributed by atoms with Gasteiger partial charge in [0, 0.05) is 24.5 Å². The van der Waals surface area contributed by atoms with Crippen LogP contribution in [0.25, 0.3) is 28.0 Å². The summed E-state index contributed by atoms with van der Waals surface area (Å²) in [4.78, 5) is 28.1. The Hall–Kier alpha value is -3.74. The van der Waals surface area contributed by atoms with Crippen molar-refractivity contribution in [3.63, 3.8) is 0 Å². The molecule has 0 unspecified atom stereocenters. The van der Waals surface area contributed by atoms with Crippen molar-refractivity contribution in [2.24, 2.45) is 0 Å². The molecule has 0 aliphatic heterocycles. The SMILES string of the molecule is COC(=O)CCn1ccc(-c2c(-c3ccccc3)nn3ccccc23)nc1=O. The van der Waals surface area contributed by atoms with Crippen LogP contribution >= 0.6 is 0 Å². The molecule has 28 heavy (non-hydrogen) atoms. The van der Waals surface area contributed by atoms with E-state index in [1.54, 1.807) is 16.8 Å². The minimum Gasteiger partial charge on any atom is -0.469 e. The number of aromatic nitrogens is 4. The van der Waals surface area contributed by atoms with Crippen molar-refractivity contribution >= 4 is 11.5 Å². The number of pyridine rings is 1. The summed E-state index contributed by atoms with van der Waals surface area (Å²) in [5.74, 6) is -0.370. The minimum absolute atomic E-state index is 0.114. The average molecular weight is 374 g/mol. The van der Waals surface area contributed by atoms with Gasteiger partial charge in [-0.25, -0.2) is 9.31 Å². The highest BCUT2D eigenvalue weighted by molar-refractivity contribution is 5.90. The van der Waals surface area contributed by atoms with E-state index < -0.39 is 5.69 Å². The van der Waals surface area contributed by atoms with Crippen molar-refractivity contribution in [2.45, 2.75) is 13.0 Å². The number of hydrogen-bond donors (Lipinski definition) is 0. The van der Waals surface area contributed by atoms with Crippen molar-refractivity contribution in [3.8, 4) is 22.5 Å². The van der Waals surface area contributed by atoms with Gasteiger partial charge in [0.25, 0.3) is 0 Å². The van der Waals surface area contributed by atoms with Gasteiger partial charge in [-0.2, -0.15) is 10.1 Å². The number of fused-ring (bicyclic) bond motifs is 1. The second-order valence-electron chi connectivity index (χ2n) is 6.23. The first-order valence-corrected chi connectivity index (χ1v) is 8.85. The highest BCUT2D eigenvalue weighted by Crippen LogP contribution is 2.33. The average Bonchev–Trinajstić information content (AvgIpc) is 3.13. The van der Waals surface area contributed by atoms with E-state index in [-0.39, 0.29) is 18.9 Å². The van der Waals surface area contributed by atoms with E-state index in [4.69, 9.17) is 0 Å². The monoisotopic (exact) mass is 374 g/mol. The van der Waals surface area contributed by atoms with E-state index in [0.717, 1.165) is 22.3 Å². The van der Waals surface area contributed by atoms with Crippen molar-refractivity contribution in [3.05, 3.63) is 77.5 Å². The van der Waals surface area contributed by atoms with Gasteiger partial charge in [0.1, 0.15) is 5.69 Å². The number of ether oxygens (including phenoxy) is 1. The molecule has 4 rings (SSSR count). The fourth-order valence-corrected chi connectivity index (χ4v) is 3.10. The van der Waals surface area contributed by atoms with Gasteiger partial charge in [0.05, 0.1) is 30.3 Å². The molecule has 3 heterocycles. The van der Waals surface area contributed by atoms with Crippen LogP contribution in [-0.2, 0) is 16.1 Å². The molecule has 0 aliphatic rings. The van der Waals surface area contributed by atoms with Gasteiger partial charge in [0.2, 0.25) is 0 Å². The lowest BCUT2D eigenvalue weighted by atomic mass is 10.0. The zero-order chi connectivity index (χ0) is 19.5. The van der Waals surface area contributed by atoms with E-state index >= 15 is 0 Å². The summed E-state index contributed by atoms with van der Waals surface area (Å²) in [5.41, 5.74) is 3.48. The first-order valence-electron chi connectivity index (χ1n) is 8.85. The molecular weight excluding hydrogens is 356 g/mol.